The zero-order chi connectivity index (χ0) is 19.8. The van der Waals surface area contributed by atoms with Crippen LogP contribution in [0.3, 0.4) is 0 Å². The highest BCUT2D eigenvalue weighted by Gasteiger charge is 2.19. The molecule has 29 heavy (non-hydrogen) atoms. The lowest BCUT2D eigenvalue weighted by atomic mass is 10.0. The maximum atomic E-state index is 12.9. The molecule has 0 aliphatic carbocycles. The Bertz CT molecular complexity index is 1210. The average Bonchev–Trinajstić information content (AvgIpc) is 3.23. The summed E-state index contributed by atoms with van der Waals surface area (Å²) < 4.78 is 7.18. The highest BCUT2D eigenvalue weighted by atomic mass is 16.5. The summed E-state index contributed by atoms with van der Waals surface area (Å²) in [5.74, 6) is 0.773. The highest BCUT2D eigenvalue weighted by molar-refractivity contribution is 6.09. The zero-order valence-electron chi connectivity index (χ0n) is 15.6. The molecule has 4 aromatic rings. The summed E-state index contributed by atoms with van der Waals surface area (Å²) in [6.07, 6.45) is 1.67. The van der Waals surface area contributed by atoms with Crippen LogP contribution in [-0.4, -0.2) is 51.9 Å². The number of nitrogens with one attached hydrogen (secondary N) is 1. The first-order chi connectivity index (χ1) is 14.2. The van der Waals surface area contributed by atoms with Crippen molar-refractivity contribution in [3.8, 4) is 5.75 Å². The number of phenols is 1. The molecule has 5 rings (SSSR count). The summed E-state index contributed by atoms with van der Waals surface area (Å²) in [4.78, 5) is 19.5. The Kier molecular flexibility index (Phi) is 4.25. The van der Waals surface area contributed by atoms with E-state index in [9.17, 15) is 9.90 Å². The molecule has 0 radical (unpaired) electrons. The summed E-state index contributed by atoms with van der Waals surface area (Å²) in [6, 6.07) is 14.4. The zero-order valence-corrected chi connectivity index (χ0v) is 15.6. The number of carbonyl (C=O) groups excluding carboxylic acids is 1. The Morgan fingerprint density at radius 3 is 2.79 bits per heavy atom. The number of hydrogen-bond acceptors (Lipinski definition) is 6. The fraction of sp³-hybridized carbons (Fsp3) is 0.190. The van der Waals surface area contributed by atoms with Crippen LogP contribution >= 0.6 is 0 Å². The number of ether oxygens (including phenoxy) is 1. The second-order valence-electron chi connectivity index (χ2n) is 6.84. The van der Waals surface area contributed by atoms with Crippen LogP contribution in [0.5, 0.6) is 5.75 Å². The lowest BCUT2D eigenvalue weighted by Gasteiger charge is -2.29. The molecule has 0 bridgehead atoms. The molecule has 1 amide bonds. The van der Waals surface area contributed by atoms with Gasteiger partial charge in [0, 0.05) is 30.6 Å². The van der Waals surface area contributed by atoms with Gasteiger partial charge < -0.3 is 20.1 Å². The fourth-order valence-corrected chi connectivity index (χ4v) is 3.60. The Balaban J connectivity index is 1.50. The molecule has 1 aliphatic heterocycles. The Morgan fingerprint density at radius 2 is 1.93 bits per heavy atom. The van der Waals surface area contributed by atoms with Gasteiger partial charge in [-0.3, -0.25) is 4.79 Å². The van der Waals surface area contributed by atoms with Gasteiger partial charge in [0.2, 0.25) is 0 Å². The first-order valence-electron chi connectivity index (χ1n) is 9.40. The second kappa shape index (κ2) is 7.06. The van der Waals surface area contributed by atoms with E-state index in [2.05, 4.69) is 20.3 Å². The number of morpholine rings is 1. The van der Waals surface area contributed by atoms with Gasteiger partial charge in [0.1, 0.15) is 17.4 Å². The second-order valence-corrected chi connectivity index (χ2v) is 6.84. The average molecular weight is 389 g/mol. The largest absolute Gasteiger partial charge is 0.506 e. The van der Waals surface area contributed by atoms with Crippen LogP contribution < -0.4 is 10.2 Å². The molecule has 2 N–H and O–H groups in total. The van der Waals surface area contributed by atoms with E-state index in [1.165, 1.54) is 0 Å². The first kappa shape index (κ1) is 17.4. The number of anilines is 2. The van der Waals surface area contributed by atoms with E-state index in [1.54, 1.807) is 35.0 Å². The smallest absolute Gasteiger partial charge is 0.260 e. The monoisotopic (exact) mass is 389 g/mol. The third-order valence-corrected chi connectivity index (χ3v) is 5.06. The number of carbonyl (C=O) groups is 1. The van der Waals surface area contributed by atoms with Gasteiger partial charge in [0.15, 0.2) is 5.65 Å². The summed E-state index contributed by atoms with van der Waals surface area (Å²) in [5, 5.41) is 19.2. The molecule has 1 saturated heterocycles. The van der Waals surface area contributed by atoms with Gasteiger partial charge in [-0.1, -0.05) is 30.3 Å². The number of aromatic nitrogens is 3. The fourth-order valence-electron chi connectivity index (χ4n) is 3.60. The minimum atomic E-state index is -0.419. The topological polar surface area (TPSA) is 92.0 Å². The van der Waals surface area contributed by atoms with Crippen molar-refractivity contribution >= 4 is 34.0 Å². The highest BCUT2D eigenvalue weighted by Crippen LogP contribution is 2.29. The van der Waals surface area contributed by atoms with Crippen LogP contribution in [0.4, 0.5) is 11.6 Å². The number of hydrogen-bond donors (Lipinski definition) is 2. The SMILES string of the molecule is O=C(Nc1cc(N2CCOCC2)n2nccc2n1)c1ccc2ccccc2c1O. The predicted molar refractivity (Wildman–Crippen MR) is 110 cm³/mol. The molecule has 0 spiro atoms. The third kappa shape index (κ3) is 3.13. The van der Waals surface area contributed by atoms with Crippen molar-refractivity contribution in [2.75, 3.05) is 36.5 Å². The summed E-state index contributed by atoms with van der Waals surface area (Å²) in [5.41, 5.74) is 0.832. The van der Waals surface area contributed by atoms with Gasteiger partial charge in [-0.2, -0.15) is 9.61 Å². The first-order valence-corrected chi connectivity index (χ1v) is 9.40. The molecule has 146 valence electrons. The van der Waals surface area contributed by atoms with Crippen molar-refractivity contribution in [1.82, 2.24) is 14.6 Å². The lowest BCUT2D eigenvalue weighted by molar-refractivity contribution is 0.102. The molecule has 2 aromatic carbocycles. The summed E-state index contributed by atoms with van der Waals surface area (Å²) in [6.45, 7) is 2.74. The summed E-state index contributed by atoms with van der Waals surface area (Å²) >= 11 is 0. The molecule has 0 unspecified atom stereocenters. The minimum absolute atomic E-state index is 0.0422. The van der Waals surface area contributed by atoms with Gasteiger partial charge >= 0.3 is 0 Å². The number of amides is 1. The van der Waals surface area contributed by atoms with E-state index in [4.69, 9.17) is 4.74 Å². The number of aromatic hydroxyl groups is 1. The van der Waals surface area contributed by atoms with E-state index in [-0.39, 0.29) is 11.3 Å². The van der Waals surface area contributed by atoms with E-state index in [1.807, 2.05) is 24.3 Å². The number of benzene rings is 2. The van der Waals surface area contributed by atoms with Crippen LogP contribution in [0.25, 0.3) is 16.4 Å². The Hall–Kier alpha value is -3.65. The normalized spacial score (nSPS) is 14.4. The van der Waals surface area contributed by atoms with E-state index < -0.39 is 5.91 Å². The number of rotatable bonds is 3. The molecule has 1 fully saturated rings. The third-order valence-electron chi connectivity index (χ3n) is 5.06. The molecule has 0 saturated carbocycles. The minimum Gasteiger partial charge on any atom is -0.506 e. The number of nitrogens with zero attached hydrogens (tertiary/aromatic N) is 4. The van der Waals surface area contributed by atoms with Crippen molar-refractivity contribution in [3.63, 3.8) is 0 Å². The molecular formula is C21H19N5O3. The molecule has 8 heteroatoms. The standard InChI is InChI=1S/C21H19N5O3/c27-20-15-4-2-1-3-14(15)5-6-16(20)21(28)24-17-13-19(25-9-11-29-12-10-25)26-18(23-17)7-8-22-26/h1-8,13,27H,9-12H2,(H,23,24,28). The predicted octanol–water partition coefficient (Wildman–Crippen LogP) is 2.68. The van der Waals surface area contributed by atoms with Crippen molar-refractivity contribution in [2.45, 2.75) is 0 Å². The van der Waals surface area contributed by atoms with Crippen LogP contribution in [0, 0.1) is 0 Å². The van der Waals surface area contributed by atoms with Crippen molar-refractivity contribution < 1.29 is 14.6 Å². The number of phenolic OH excluding ortho intramolecular Hbond substituents is 1. The van der Waals surface area contributed by atoms with Crippen LogP contribution in [-0.2, 0) is 4.74 Å². The van der Waals surface area contributed by atoms with Gasteiger partial charge in [-0.05, 0) is 11.5 Å². The van der Waals surface area contributed by atoms with Gasteiger partial charge in [0.05, 0.1) is 25.0 Å². The molecule has 3 heterocycles. The van der Waals surface area contributed by atoms with Crippen LogP contribution in [0.2, 0.25) is 0 Å². The Morgan fingerprint density at radius 1 is 1.10 bits per heavy atom. The molecule has 2 aromatic heterocycles. The molecule has 0 atom stereocenters. The number of fused-ring (bicyclic) bond motifs is 2. The van der Waals surface area contributed by atoms with E-state index >= 15 is 0 Å². The quantitative estimate of drug-likeness (QED) is 0.560. The maximum absolute atomic E-state index is 12.9. The van der Waals surface area contributed by atoms with Gasteiger partial charge in [-0.25, -0.2) is 4.98 Å². The molecular weight excluding hydrogens is 370 g/mol. The van der Waals surface area contributed by atoms with Crippen LogP contribution in [0.15, 0.2) is 54.7 Å². The Labute approximate surface area is 166 Å². The van der Waals surface area contributed by atoms with Gasteiger partial charge in [-0.15, -0.1) is 0 Å². The van der Waals surface area contributed by atoms with Crippen molar-refractivity contribution in [2.24, 2.45) is 0 Å². The maximum Gasteiger partial charge on any atom is 0.260 e. The van der Waals surface area contributed by atoms with Crippen molar-refractivity contribution in [3.05, 3.63) is 60.3 Å². The van der Waals surface area contributed by atoms with E-state index in [0.29, 0.717) is 30.1 Å². The lowest BCUT2D eigenvalue weighted by Crippen LogP contribution is -2.37. The molecule has 8 nitrogen and oxygen atoms in total. The van der Waals surface area contributed by atoms with Crippen molar-refractivity contribution in [1.29, 1.82) is 0 Å². The molecule has 1 aliphatic rings. The van der Waals surface area contributed by atoms with Gasteiger partial charge in [0.25, 0.3) is 5.91 Å². The summed E-state index contributed by atoms with van der Waals surface area (Å²) in [7, 11) is 0. The van der Waals surface area contributed by atoms with Crippen LogP contribution in [0.1, 0.15) is 10.4 Å². The van der Waals surface area contributed by atoms with E-state index in [0.717, 1.165) is 24.3 Å².